The molecular weight excluding hydrogens is 406 g/mol. The predicted molar refractivity (Wildman–Crippen MR) is 121 cm³/mol. The van der Waals surface area contributed by atoms with E-state index in [9.17, 15) is 4.79 Å². The van der Waals surface area contributed by atoms with E-state index in [1.54, 1.807) is 7.11 Å². The van der Waals surface area contributed by atoms with Gasteiger partial charge in [0.2, 0.25) is 0 Å². The van der Waals surface area contributed by atoms with Crippen LogP contribution >= 0.6 is 0 Å². The fourth-order valence-corrected chi connectivity index (χ4v) is 3.89. The minimum absolute atomic E-state index is 0.149. The molecule has 0 aliphatic carbocycles. The largest absolute Gasteiger partial charge is 0.489 e. The first kappa shape index (κ1) is 21.9. The summed E-state index contributed by atoms with van der Waals surface area (Å²) in [6.07, 6.45) is 0.149. The van der Waals surface area contributed by atoms with Crippen LogP contribution in [0, 0.1) is 0 Å². The number of carbonyl (C=O) groups excluding carboxylic acids is 1. The number of nitrogens with two attached hydrogens (primary N) is 1. The SMILES string of the molecule is COCc1ccc(CC(=O)OC)c(OCc2ccc3c(c2)-c2cccc(CN)c2OC3)c1. The minimum atomic E-state index is -0.310. The first-order valence-electron chi connectivity index (χ1n) is 10.5. The van der Waals surface area contributed by atoms with Crippen LogP contribution in [0.1, 0.15) is 27.8 Å². The molecule has 166 valence electrons. The van der Waals surface area contributed by atoms with Crippen molar-refractivity contribution in [1.82, 2.24) is 0 Å². The summed E-state index contributed by atoms with van der Waals surface area (Å²) in [5, 5.41) is 0. The third-order valence-electron chi connectivity index (χ3n) is 5.55. The Morgan fingerprint density at radius 2 is 1.78 bits per heavy atom. The van der Waals surface area contributed by atoms with Gasteiger partial charge in [0, 0.05) is 30.3 Å². The molecule has 6 heteroatoms. The second-order valence-electron chi connectivity index (χ2n) is 7.69. The Kier molecular flexibility index (Phi) is 6.73. The highest BCUT2D eigenvalue weighted by molar-refractivity contribution is 5.77. The molecule has 0 saturated carbocycles. The standard InChI is InChI=1S/C26H27NO5/c1-29-14-18-6-8-19(12-25(28)30-2)24(11-18)31-15-17-7-9-21-16-32-26-20(13-27)4-3-5-22(26)23(21)10-17/h3-11H,12-16,27H2,1-2H3. The van der Waals surface area contributed by atoms with Gasteiger partial charge in [0.15, 0.2) is 0 Å². The topological polar surface area (TPSA) is 80.0 Å². The predicted octanol–water partition coefficient (Wildman–Crippen LogP) is 4.15. The van der Waals surface area contributed by atoms with Crippen molar-refractivity contribution in [2.45, 2.75) is 32.8 Å². The van der Waals surface area contributed by atoms with Gasteiger partial charge < -0.3 is 24.7 Å². The summed E-state index contributed by atoms with van der Waals surface area (Å²) in [7, 11) is 3.03. The number of hydrogen-bond donors (Lipinski definition) is 1. The number of para-hydroxylation sites is 1. The fourth-order valence-electron chi connectivity index (χ4n) is 3.89. The highest BCUT2D eigenvalue weighted by atomic mass is 16.5. The summed E-state index contributed by atoms with van der Waals surface area (Å²) in [4.78, 5) is 11.8. The van der Waals surface area contributed by atoms with Gasteiger partial charge in [-0.05, 0) is 34.4 Å². The van der Waals surface area contributed by atoms with Gasteiger partial charge in [-0.2, -0.15) is 0 Å². The van der Waals surface area contributed by atoms with Gasteiger partial charge >= 0.3 is 5.97 Å². The van der Waals surface area contributed by atoms with E-state index < -0.39 is 0 Å². The molecule has 1 aliphatic rings. The lowest BCUT2D eigenvalue weighted by molar-refractivity contribution is -0.139. The molecule has 0 amide bonds. The van der Waals surface area contributed by atoms with Crippen molar-refractivity contribution in [3.8, 4) is 22.6 Å². The Morgan fingerprint density at radius 1 is 0.969 bits per heavy atom. The first-order valence-corrected chi connectivity index (χ1v) is 10.5. The van der Waals surface area contributed by atoms with Gasteiger partial charge in [0.1, 0.15) is 24.7 Å². The highest BCUT2D eigenvalue weighted by Crippen LogP contribution is 2.40. The summed E-state index contributed by atoms with van der Waals surface area (Å²) >= 11 is 0. The maximum Gasteiger partial charge on any atom is 0.310 e. The summed E-state index contributed by atoms with van der Waals surface area (Å²) in [6.45, 7) is 1.78. The zero-order valence-electron chi connectivity index (χ0n) is 18.4. The number of ether oxygens (including phenoxy) is 4. The molecule has 32 heavy (non-hydrogen) atoms. The van der Waals surface area contributed by atoms with Crippen LogP contribution in [-0.4, -0.2) is 20.2 Å². The Labute approximate surface area is 187 Å². The quantitative estimate of drug-likeness (QED) is 0.538. The molecule has 3 aromatic rings. The lowest BCUT2D eigenvalue weighted by Gasteiger charge is -2.23. The van der Waals surface area contributed by atoms with Gasteiger partial charge in [-0.3, -0.25) is 4.79 Å². The number of hydrogen-bond acceptors (Lipinski definition) is 6. The normalized spacial score (nSPS) is 11.8. The van der Waals surface area contributed by atoms with E-state index >= 15 is 0 Å². The van der Waals surface area contributed by atoms with Crippen LogP contribution in [0.3, 0.4) is 0 Å². The van der Waals surface area contributed by atoms with Crippen molar-refractivity contribution in [2.75, 3.05) is 14.2 Å². The third-order valence-corrected chi connectivity index (χ3v) is 5.55. The lowest BCUT2D eigenvalue weighted by atomic mass is 9.93. The number of rotatable bonds is 8. The summed E-state index contributed by atoms with van der Waals surface area (Å²) < 4.78 is 22.2. The molecule has 2 N–H and O–H groups in total. The molecule has 1 aliphatic heterocycles. The number of carbonyl (C=O) groups is 1. The molecule has 6 nitrogen and oxygen atoms in total. The number of fused-ring (bicyclic) bond motifs is 3. The maximum atomic E-state index is 11.8. The summed E-state index contributed by atoms with van der Waals surface area (Å²) in [6, 6.07) is 18.0. The van der Waals surface area contributed by atoms with E-state index in [1.165, 1.54) is 7.11 Å². The van der Waals surface area contributed by atoms with Crippen LogP contribution < -0.4 is 15.2 Å². The zero-order chi connectivity index (χ0) is 22.5. The number of methoxy groups -OCH3 is 2. The molecule has 0 radical (unpaired) electrons. The van der Waals surface area contributed by atoms with Crippen LogP contribution in [0.5, 0.6) is 11.5 Å². The lowest BCUT2D eigenvalue weighted by Crippen LogP contribution is -2.10. The second kappa shape index (κ2) is 9.85. The molecule has 0 spiro atoms. The third kappa shape index (κ3) is 4.61. The Hall–Kier alpha value is -3.35. The molecule has 0 saturated heterocycles. The van der Waals surface area contributed by atoms with E-state index in [0.29, 0.717) is 32.1 Å². The monoisotopic (exact) mass is 433 g/mol. The van der Waals surface area contributed by atoms with Crippen molar-refractivity contribution in [3.63, 3.8) is 0 Å². The first-order chi connectivity index (χ1) is 15.6. The van der Waals surface area contributed by atoms with Crippen LogP contribution in [0.25, 0.3) is 11.1 Å². The minimum Gasteiger partial charge on any atom is -0.489 e. The van der Waals surface area contributed by atoms with Crippen molar-refractivity contribution >= 4 is 5.97 Å². The summed E-state index contributed by atoms with van der Waals surface area (Å²) in [5.74, 6) is 1.19. The fraction of sp³-hybridized carbons (Fsp3) is 0.269. The van der Waals surface area contributed by atoms with E-state index in [2.05, 4.69) is 18.2 Å². The van der Waals surface area contributed by atoms with E-state index in [0.717, 1.165) is 44.7 Å². The van der Waals surface area contributed by atoms with Crippen LogP contribution in [0.15, 0.2) is 54.6 Å². The molecule has 0 atom stereocenters. The van der Waals surface area contributed by atoms with Gasteiger partial charge in [-0.15, -0.1) is 0 Å². The highest BCUT2D eigenvalue weighted by Gasteiger charge is 2.20. The van der Waals surface area contributed by atoms with Crippen LogP contribution in [-0.2, 0) is 47.1 Å². The molecule has 0 aromatic heterocycles. The molecule has 0 fully saturated rings. The van der Waals surface area contributed by atoms with E-state index in [-0.39, 0.29) is 12.4 Å². The van der Waals surface area contributed by atoms with Crippen LogP contribution in [0.2, 0.25) is 0 Å². The van der Waals surface area contributed by atoms with Crippen LogP contribution in [0.4, 0.5) is 0 Å². The summed E-state index contributed by atoms with van der Waals surface area (Å²) in [5.41, 5.74) is 13.0. The van der Waals surface area contributed by atoms with Gasteiger partial charge in [0.05, 0.1) is 20.1 Å². The van der Waals surface area contributed by atoms with Gasteiger partial charge in [0.25, 0.3) is 0 Å². The molecule has 1 heterocycles. The molecular formula is C26H27NO5. The Balaban J connectivity index is 1.60. The zero-order valence-corrected chi connectivity index (χ0v) is 18.4. The molecule has 3 aromatic carbocycles. The Morgan fingerprint density at radius 3 is 2.56 bits per heavy atom. The van der Waals surface area contributed by atoms with E-state index in [1.807, 2.05) is 36.4 Å². The number of esters is 1. The van der Waals surface area contributed by atoms with Gasteiger partial charge in [-0.1, -0.05) is 42.5 Å². The second-order valence-corrected chi connectivity index (χ2v) is 7.69. The van der Waals surface area contributed by atoms with Crippen molar-refractivity contribution in [1.29, 1.82) is 0 Å². The average Bonchev–Trinajstić information content (AvgIpc) is 2.83. The van der Waals surface area contributed by atoms with Crippen molar-refractivity contribution in [2.24, 2.45) is 5.73 Å². The van der Waals surface area contributed by atoms with Gasteiger partial charge in [-0.25, -0.2) is 0 Å². The molecule has 0 unspecified atom stereocenters. The number of benzene rings is 3. The van der Waals surface area contributed by atoms with Crippen molar-refractivity contribution in [3.05, 3.63) is 82.4 Å². The maximum absolute atomic E-state index is 11.8. The Bertz CT molecular complexity index is 1130. The van der Waals surface area contributed by atoms with Crippen molar-refractivity contribution < 1.29 is 23.7 Å². The smallest absolute Gasteiger partial charge is 0.310 e. The molecule has 0 bridgehead atoms. The average molecular weight is 434 g/mol. The molecule has 4 rings (SSSR count). The van der Waals surface area contributed by atoms with E-state index in [4.69, 9.17) is 24.7 Å².